The first-order valence-electron chi connectivity index (χ1n) is 5.83. The Labute approximate surface area is 121 Å². The summed E-state index contributed by atoms with van der Waals surface area (Å²) in [6, 6.07) is 13.7. The van der Waals surface area contributed by atoms with E-state index in [1.807, 2.05) is 42.5 Å². The molecule has 0 saturated carbocycles. The summed E-state index contributed by atoms with van der Waals surface area (Å²) in [6.07, 6.45) is 0. The number of hydrogen-bond donors (Lipinski definition) is 0. The van der Waals surface area contributed by atoms with Gasteiger partial charge in [-0.1, -0.05) is 46.3 Å². The molecule has 0 aliphatic carbocycles. The molecule has 0 aliphatic rings. The van der Waals surface area contributed by atoms with Gasteiger partial charge in [-0.2, -0.15) is 0 Å². The first kappa shape index (κ1) is 13.7. The van der Waals surface area contributed by atoms with Crippen molar-refractivity contribution in [2.45, 2.75) is 6.61 Å². The molecule has 0 fully saturated rings. The summed E-state index contributed by atoms with van der Waals surface area (Å²) in [4.78, 5) is 0. The number of methoxy groups -OCH3 is 2. The molecule has 2 aromatic carbocycles. The zero-order valence-electron chi connectivity index (χ0n) is 10.9. The summed E-state index contributed by atoms with van der Waals surface area (Å²) < 4.78 is 17.3. The van der Waals surface area contributed by atoms with Gasteiger partial charge in [0, 0.05) is 4.47 Å². The summed E-state index contributed by atoms with van der Waals surface area (Å²) in [6.45, 7) is 0.467. The number of rotatable bonds is 5. The second kappa shape index (κ2) is 6.48. The highest BCUT2D eigenvalue weighted by molar-refractivity contribution is 9.10. The number of hydrogen-bond acceptors (Lipinski definition) is 3. The third-order valence-corrected chi connectivity index (χ3v) is 3.11. The van der Waals surface area contributed by atoms with Crippen LogP contribution in [-0.2, 0) is 6.61 Å². The Balaban J connectivity index is 2.23. The van der Waals surface area contributed by atoms with Gasteiger partial charge in [0.1, 0.15) is 6.61 Å². The van der Waals surface area contributed by atoms with Crippen molar-refractivity contribution in [3.8, 4) is 17.2 Å². The Bertz CT molecular complexity index is 515. The fraction of sp³-hybridized carbons (Fsp3) is 0.200. The molecule has 0 heterocycles. The van der Waals surface area contributed by atoms with Gasteiger partial charge in [-0.3, -0.25) is 0 Å². The van der Waals surface area contributed by atoms with E-state index in [2.05, 4.69) is 15.9 Å². The van der Waals surface area contributed by atoms with Gasteiger partial charge < -0.3 is 14.2 Å². The molecule has 100 valence electrons. The van der Waals surface area contributed by atoms with E-state index in [1.165, 1.54) is 0 Å². The molecule has 0 amide bonds. The number of ether oxygens (including phenoxy) is 3. The van der Waals surface area contributed by atoms with E-state index in [4.69, 9.17) is 14.2 Å². The molecular formula is C15H15BrO3. The predicted molar refractivity (Wildman–Crippen MR) is 78.0 cm³/mol. The molecule has 0 spiro atoms. The lowest BCUT2D eigenvalue weighted by atomic mass is 10.2. The fourth-order valence-corrected chi connectivity index (χ4v) is 2.14. The van der Waals surface area contributed by atoms with Crippen molar-refractivity contribution in [2.75, 3.05) is 14.2 Å². The van der Waals surface area contributed by atoms with E-state index < -0.39 is 0 Å². The standard InChI is InChI=1S/C15H15BrO3/c1-17-13-8-12(16)9-14(18-2)15(13)19-10-11-6-4-3-5-7-11/h3-9H,10H2,1-2H3. The molecular weight excluding hydrogens is 308 g/mol. The topological polar surface area (TPSA) is 27.7 Å². The quantitative estimate of drug-likeness (QED) is 0.831. The van der Waals surface area contributed by atoms with Gasteiger partial charge in [0.2, 0.25) is 5.75 Å². The molecule has 4 heteroatoms. The van der Waals surface area contributed by atoms with Gasteiger partial charge in [-0.05, 0) is 17.7 Å². The lowest BCUT2D eigenvalue weighted by Crippen LogP contribution is -2.00. The molecule has 0 bridgehead atoms. The average Bonchev–Trinajstić information content (AvgIpc) is 2.46. The molecule has 0 aliphatic heterocycles. The maximum absolute atomic E-state index is 5.82. The minimum atomic E-state index is 0.467. The summed E-state index contributed by atoms with van der Waals surface area (Å²) >= 11 is 3.41. The van der Waals surface area contributed by atoms with Crippen LogP contribution in [0.15, 0.2) is 46.9 Å². The van der Waals surface area contributed by atoms with Crippen molar-refractivity contribution >= 4 is 15.9 Å². The first-order chi connectivity index (χ1) is 9.24. The van der Waals surface area contributed by atoms with Crippen LogP contribution in [0.25, 0.3) is 0 Å². The molecule has 0 atom stereocenters. The van der Waals surface area contributed by atoms with E-state index in [0.717, 1.165) is 10.0 Å². The van der Waals surface area contributed by atoms with Gasteiger partial charge in [0.15, 0.2) is 11.5 Å². The molecule has 19 heavy (non-hydrogen) atoms. The Hall–Kier alpha value is -1.68. The average molecular weight is 323 g/mol. The second-order valence-corrected chi connectivity index (χ2v) is 4.83. The second-order valence-electron chi connectivity index (χ2n) is 3.91. The van der Waals surface area contributed by atoms with Crippen LogP contribution >= 0.6 is 15.9 Å². The Morgan fingerprint density at radius 3 is 2.05 bits per heavy atom. The van der Waals surface area contributed by atoms with E-state index in [1.54, 1.807) is 14.2 Å². The Morgan fingerprint density at radius 2 is 1.53 bits per heavy atom. The van der Waals surface area contributed by atoms with Gasteiger partial charge in [-0.15, -0.1) is 0 Å². The molecule has 2 rings (SSSR count). The third kappa shape index (κ3) is 3.41. The van der Waals surface area contributed by atoms with Gasteiger partial charge in [0.25, 0.3) is 0 Å². The molecule has 3 nitrogen and oxygen atoms in total. The maximum Gasteiger partial charge on any atom is 0.203 e. The Kier molecular flexibility index (Phi) is 4.68. The van der Waals surface area contributed by atoms with Crippen molar-refractivity contribution in [2.24, 2.45) is 0 Å². The summed E-state index contributed by atoms with van der Waals surface area (Å²) in [5.41, 5.74) is 1.09. The predicted octanol–water partition coefficient (Wildman–Crippen LogP) is 4.05. The molecule has 2 aromatic rings. The molecule has 0 radical (unpaired) electrons. The van der Waals surface area contributed by atoms with Gasteiger partial charge in [0.05, 0.1) is 14.2 Å². The van der Waals surface area contributed by atoms with Crippen LogP contribution in [0.1, 0.15) is 5.56 Å². The van der Waals surface area contributed by atoms with E-state index >= 15 is 0 Å². The summed E-state index contributed by atoms with van der Waals surface area (Å²) in [7, 11) is 3.22. The smallest absolute Gasteiger partial charge is 0.203 e. The minimum Gasteiger partial charge on any atom is -0.493 e. The van der Waals surface area contributed by atoms with E-state index in [9.17, 15) is 0 Å². The monoisotopic (exact) mass is 322 g/mol. The van der Waals surface area contributed by atoms with Crippen molar-refractivity contribution in [3.05, 3.63) is 52.5 Å². The summed E-state index contributed by atoms with van der Waals surface area (Å²) in [5, 5.41) is 0. The normalized spacial score (nSPS) is 10.1. The van der Waals surface area contributed by atoms with Crippen LogP contribution in [0.2, 0.25) is 0 Å². The van der Waals surface area contributed by atoms with Crippen LogP contribution < -0.4 is 14.2 Å². The van der Waals surface area contributed by atoms with Crippen LogP contribution in [-0.4, -0.2) is 14.2 Å². The van der Waals surface area contributed by atoms with Gasteiger partial charge >= 0.3 is 0 Å². The molecule has 0 saturated heterocycles. The zero-order valence-corrected chi connectivity index (χ0v) is 12.4. The maximum atomic E-state index is 5.82. The SMILES string of the molecule is COc1cc(Br)cc(OC)c1OCc1ccccc1. The highest BCUT2D eigenvalue weighted by Crippen LogP contribution is 2.40. The lowest BCUT2D eigenvalue weighted by Gasteiger charge is -2.14. The van der Waals surface area contributed by atoms with E-state index in [0.29, 0.717) is 23.9 Å². The van der Waals surface area contributed by atoms with Crippen molar-refractivity contribution in [3.63, 3.8) is 0 Å². The lowest BCUT2D eigenvalue weighted by molar-refractivity contribution is 0.265. The molecule has 0 aromatic heterocycles. The van der Waals surface area contributed by atoms with Crippen molar-refractivity contribution in [1.82, 2.24) is 0 Å². The van der Waals surface area contributed by atoms with Crippen molar-refractivity contribution in [1.29, 1.82) is 0 Å². The number of halogens is 1. The van der Waals surface area contributed by atoms with E-state index in [-0.39, 0.29) is 0 Å². The molecule has 0 unspecified atom stereocenters. The minimum absolute atomic E-state index is 0.467. The zero-order chi connectivity index (χ0) is 13.7. The highest BCUT2D eigenvalue weighted by Gasteiger charge is 2.13. The van der Waals surface area contributed by atoms with Crippen LogP contribution in [0, 0.1) is 0 Å². The van der Waals surface area contributed by atoms with Crippen LogP contribution in [0.5, 0.6) is 17.2 Å². The third-order valence-electron chi connectivity index (χ3n) is 2.65. The Morgan fingerprint density at radius 1 is 0.947 bits per heavy atom. The van der Waals surface area contributed by atoms with Gasteiger partial charge in [-0.25, -0.2) is 0 Å². The van der Waals surface area contributed by atoms with Crippen molar-refractivity contribution < 1.29 is 14.2 Å². The highest BCUT2D eigenvalue weighted by atomic mass is 79.9. The molecule has 0 N–H and O–H groups in total. The number of benzene rings is 2. The van der Waals surface area contributed by atoms with Crippen LogP contribution in [0.3, 0.4) is 0 Å². The first-order valence-corrected chi connectivity index (χ1v) is 6.62. The fourth-order valence-electron chi connectivity index (χ4n) is 1.72. The largest absolute Gasteiger partial charge is 0.493 e. The summed E-state index contributed by atoms with van der Waals surface area (Å²) in [5.74, 6) is 1.89. The van der Waals surface area contributed by atoms with Crippen LogP contribution in [0.4, 0.5) is 0 Å².